The lowest BCUT2D eigenvalue weighted by atomic mass is 10.3. The van der Waals surface area contributed by atoms with Crippen LogP contribution in [0.2, 0.25) is 5.02 Å². The number of amides is 1. The third-order valence-corrected chi connectivity index (χ3v) is 3.68. The summed E-state index contributed by atoms with van der Waals surface area (Å²) in [6, 6.07) is 15.2. The maximum absolute atomic E-state index is 11.9. The number of carbonyl (C=O) groups excluding carboxylic acids is 2. The summed E-state index contributed by atoms with van der Waals surface area (Å²) in [7, 11) is 0. The number of carbonyl (C=O) groups is 2. The molecular formula is C19H15ClN2O5. The van der Waals surface area contributed by atoms with Crippen molar-refractivity contribution in [3.05, 3.63) is 71.1 Å². The number of halogens is 1. The van der Waals surface area contributed by atoms with Crippen molar-refractivity contribution in [3.8, 4) is 11.5 Å². The molecule has 1 heterocycles. The van der Waals surface area contributed by atoms with Gasteiger partial charge in [0.25, 0.3) is 5.91 Å². The number of hydrogen-bond acceptors (Lipinski definition) is 6. The smallest absolute Gasteiger partial charge is 0.377 e. The lowest BCUT2D eigenvalue weighted by Gasteiger charge is -2.09. The third kappa shape index (κ3) is 5.08. The zero-order valence-corrected chi connectivity index (χ0v) is 15.0. The van der Waals surface area contributed by atoms with Crippen LogP contribution in [-0.2, 0) is 9.53 Å². The first kappa shape index (κ1) is 18.5. The monoisotopic (exact) mass is 386 g/mol. The topological polar surface area (TPSA) is 90.7 Å². The van der Waals surface area contributed by atoms with Gasteiger partial charge >= 0.3 is 5.97 Å². The number of aryl methyl sites for hydroxylation is 1. The average Bonchev–Trinajstić information content (AvgIpc) is 3.10. The van der Waals surface area contributed by atoms with E-state index in [0.717, 1.165) is 0 Å². The lowest BCUT2D eigenvalue weighted by molar-refractivity contribution is -0.119. The lowest BCUT2D eigenvalue weighted by Crippen LogP contribution is -2.20. The van der Waals surface area contributed by atoms with E-state index in [2.05, 4.69) is 10.5 Å². The first-order valence-electron chi connectivity index (χ1n) is 7.94. The van der Waals surface area contributed by atoms with Crippen LogP contribution in [0.1, 0.15) is 16.2 Å². The predicted octanol–water partition coefficient (Wildman–Crippen LogP) is 4.22. The highest BCUT2D eigenvalue weighted by Crippen LogP contribution is 2.29. The van der Waals surface area contributed by atoms with Gasteiger partial charge in [-0.3, -0.25) is 4.79 Å². The summed E-state index contributed by atoms with van der Waals surface area (Å²) in [5.41, 5.74) is 1.07. The van der Waals surface area contributed by atoms with E-state index >= 15 is 0 Å². The van der Waals surface area contributed by atoms with Crippen molar-refractivity contribution in [2.75, 3.05) is 11.9 Å². The van der Waals surface area contributed by atoms with Crippen LogP contribution in [0.3, 0.4) is 0 Å². The number of hydrogen-bond donors (Lipinski definition) is 1. The average molecular weight is 387 g/mol. The van der Waals surface area contributed by atoms with Crippen LogP contribution in [0.15, 0.2) is 59.1 Å². The Balaban J connectivity index is 1.51. The maximum Gasteiger partial charge on any atom is 0.377 e. The van der Waals surface area contributed by atoms with Crippen LogP contribution < -0.4 is 10.1 Å². The summed E-state index contributed by atoms with van der Waals surface area (Å²) in [5, 5.41) is 6.69. The van der Waals surface area contributed by atoms with Crippen molar-refractivity contribution in [2.45, 2.75) is 6.92 Å². The molecule has 1 amide bonds. The Morgan fingerprint density at radius 1 is 1.15 bits per heavy atom. The minimum absolute atomic E-state index is 0.0543. The van der Waals surface area contributed by atoms with Gasteiger partial charge in [0, 0.05) is 11.8 Å². The Morgan fingerprint density at radius 2 is 1.89 bits per heavy atom. The molecule has 0 spiro atoms. The Bertz CT molecular complexity index is 953. The molecule has 0 saturated carbocycles. The molecule has 8 heteroatoms. The molecule has 1 aromatic heterocycles. The number of para-hydroxylation sites is 1. The van der Waals surface area contributed by atoms with Gasteiger partial charge in [0.1, 0.15) is 11.5 Å². The van der Waals surface area contributed by atoms with E-state index in [1.807, 2.05) is 12.1 Å². The Morgan fingerprint density at radius 3 is 2.56 bits per heavy atom. The highest BCUT2D eigenvalue weighted by atomic mass is 35.5. The number of rotatable bonds is 6. The molecule has 138 valence electrons. The minimum Gasteiger partial charge on any atom is -0.456 e. The zero-order chi connectivity index (χ0) is 19.2. The fourth-order valence-electron chi connectivity index (χ4n) is 2.12. The molecule has 7 nitrogen and oxygen atoms in total. The fraction of sp³-hybridized carbons (Fsp3) is 0.105. The summed E-state index contributed by atoms with van der Waals surface area (Å²) < 4.78 is 15.3. The van der Waals surface area contributed by atoms with Gasteiger partial charge in [0.2, 0.25) is 5.76 Å². The van der Waals surface area contributed by atoms with Crippen molar-refractivity contribution in [1.29, 1.82) is 0 Å². The number of aromatic nitrogens is 1. The van der Waals surface area contributed by atoms with Gasteiger partial charge in [0.15, 0.2) is 6.61 Å². The van der Waals surface area contributed by atoms with Gasteiger partial charge < -0.3 is 19.3 Å². The Labute approximate surface area is 159 Å². The van der Waals surface area contributed by atoms with Crippen LogP contribution in [-0.4, -0.2) is 23.6 Å². The first-order chi connectivity index (χ1) is 13.0. The molecule has 3 rings (SSSR count). The zero-order valence-electron chi connectivity index (χ0n) is 14.3. The molecule has 0 radical (unpaired) electrons. The molecular weight excluding hydrogens is 372 g/mol. The van der Waals surface area contributed by atoms with Crippen molar-refractivity contribution < 1.29 is 23.6 Å². The summed E-state index contributed by atoms with van der Waals surface area (Å²) in [6.45, 7) is 1.22. The van der Waals surface area contributed by atoms with E-state index in [0.29, 0.717) is 27.9 Å². The summed E-state index contributed by atoms with van der Waals surface area (Å²) in [6.07, 6.45) is 0. The minimum atomic E-state index is -0.755. The number of nitrogens with one attached hydrogen (secondary N) is 1. The standard InChI is InChI=1S/C19H15ClN2O5/c1-12-10-17(27-22-12)19(24)25-11-18(23)21-13-6-8-14(9-7-13)26-16-5-3-2-4-15(16)20/h2-10H,11H2,1H3,(H,21,23). The van der Waals surface area contributed by atoms with Crippen molar-refractivity contribution >= 4 is 29.2 Å². The van der Waals surface area contributed by atoms with Crippen molar-refractivity contribution in [3.63, 3.8) is 0 Å². The fourth-order valence-corrected chi connectivity index (χ4v) is 2.29. The molecule has 1 N–H and O–H groups in total. The van der Waals surface area contributed by atoms with E-state index < -0.39 is 18.5 Å². The van der Waals surface area contributed by atoms with Gasteiger partial charge in [-0.05, 0) is 43.3 Å². The van der Waals surface area contributed by atoms with Crippen molar-refractivity contribution in [1.82, 2.24) is 5.16 Å². The molecule has 2 aromatic carbocycles. The molecule has 0 unspecified atom stereocenters. The molecule has 27 heavy (non-hydrogen) atoms. The van der Waals surface area contributed by atoms with Gasteiger partial charge in [-0.2, -0.15) is 0 Å². The van der Waals surface area contributed by atoms with Crippen LogP contribution in [0.5, 0.6) is 11.5 Å². The Hall–Kier alpha value is -3.32. The summed E-state index contributed by atoms with van der Waals surface area (Å²) in [4.78, 5) is 23.6. The maximum atomic E-state index is 11.9. The number of nitrogens with zero attached hydrogens (tertiary/aromatic N) is 1. The molecule has 0 atom stereocenters. The van der Waals surface area contributed by atoms with Gasteiger partial charge in [-0.25, -0.2) is 4.79 Å². The molecule has 3 aromatic rings. The highest BCUT2D eigenvalue weighted by Gasteiger charge is 2.15. The van der Waals surface area contributed by atoms with E-state index in [1.165, 1.54) is 6.07 Å². The van der Waals surface area contributed by atoms with Gasteiger partial charge in [-0.1, -0.05) is 28.9 Å². The molecule has 0 saturated heterocycles. The van der Waals surface area contributed by atoms with E-state index in [1.54, 1.807) is 43.3 Å². The largest absolute Gasteiger partial charge is 0.456 e. The molecule has 0 aliphatic carbocycles. The Kier molecular flexibility index (Phi) is 5.73. The van der Waals surface area contributed by atoms with Crippen LogP contribution in [0.4, 0.5) is 5.69 Å². The van der Waals surface area contributed by atoms with Crippen LogP contribution in [0.25, 0.3) is 0 Å². The van der Waals surface area contributed by atoms with E-state index in [4.69, 9.17) is 25.6 Å². The molecule has 0 bridgehead atoms. The first-order valence-corrected chi connectivity index (χ1v) is 8.32. The third-order valence-electron chi connectivity index (χ3n) is 3.37. The second-order valence-corrected chi connectivity index (χ2v) is 5.92. The number of ether oxygens (including phenoxy) is 2. The molecule has 0 aliphatic rings. The normalized spacial score (nSPS) is 10.3. The predicted molar refractivity (Wildman–Crippen MR) is 98.1 cm³/mol. The summed E-state index contributed by atoms with van der Waals surface area (Å²) >= 11 is 6.05. The number of esters is 1. The second kappa shape index (κ2) is 8.37. The van der Waals surface area contributed by atoms with Crippen LogP contribution in [0, 0.1) is 6.92 Å². The van der Waals surface area contributed by atoms with E-state index in [-0.39, 0.29) is 5.76 Å². The molecule has 0 aliphatic heterocycles. The van der Waals surface area contributed by atoms with Gasteiger partial charge in [0.05, 0.1) is 10.7 Å². The second-order valence-electron chi connectivity index (χ2n) is 5.51. The van der Waals surface area contributed by atoms with E-state index in [9.17, 15) is 9.59 Å². The number of benzene rings is 2. The van der Waals surface area contributed by atoms with Crippen LogP contribution >= 0.6 is 11.6 Å². The quantitative estimate of drug-likeness (QED) is 0.638. The summed E-state index contributed by atoms with van der Waals surface area (Å²) in [5.74, 6) is -0.200. The highest BCUT2D eigenvalue weighted by molar-refractivity contribution is 6.32. The molecule has 0 fully saturated rings. The number of anilines is 1. The van der Waals surface area contributed by atoms with Crippen molar-refractivity contribution in [2.24, 2.45) is 0 Å². The van der Waals surface area contributed by atoms with Gasteiger partial charge in [-0.15, -0.1) is 0 Å². The SMILES string of the molecule is Cc1cc(C(=O)OCC(=O)Nc2ccc(Oc3ccccc3Cl)cc2)on1.